The summed E-state index contributed by atoms with van der Waals surface area (Å²) < 4.78 is 38.7. The van der Waals surface area contributed by atoms with Gasteiger partial charge in [0.25, 0.3) is 0 Å². The number of piperazine rings is 1. The van der Waals surface area contributed by atoms with Gasteiger partial charge in [-0.2, -0.15) is 13.2 Å². The van der Waals surface area contributed by atoms with Crippen molar-refractivity contribution in [1.82, 2.24) is 5.32 Å². The van der Waals surface area contributed by atoms with E-state index >= 15 is 0 Å². The van der Waals surface area contributed by atoms with E-state index in [0.29, 0.717) is 24.7 Å². The molecular formula is C15H20ClF3N2. The number of nitrogens with one attached hydrogen (secondary N) is 1. The fraction of sp³-hybridized carbons (Fsp3) is 0.600. The maximum atomic E-state index is 12.9. The standard InChI is InChI=1S/C15H20ClF3N2/c1-3-10(2)14-9-21(5-4-20-14)13-7-11(15(17,18)19)6-12(16)8-13/h6-8,10,14,20H,3-5,9H2,1-2H3. The van der Waals surface area contributed by atoms with Gasteiger partial charge in [-0.3, -0.25) is 0 Å². The van der Waals surface area contributed by atoms with Crippen LogP contribution in [0, 0.1) is 5.92 Å². The van der Waals surface area contributed by atoms with Crippen LogP contribution in [-0.2, 0) is 6.18 Å². The molecular weight excluding hydrogens is 301 g/mol. The average Bonchev–Trinajstić information content (AvgIpc) is 2.45. The van der Waals surface area contributed by atoms with Crippen molar-refractivity contribution < 1.29 is 13.2 Å². The Morgan fingerprint density at radius 2 is 2.10 bits per heavy atom. The lowest BCUT2D eigenvalue weighted by Gasteiger charge is -2.38. The quantitative estimate of drug-likeness (QED) is 0.898. The summed E-state index contributed by atoms with van der Waals surface area (Å²) in [5.74, 6) is 0.481. The Morgan fingerprint density at radius 1 is 1.38 bits per heavy atom. The third-order valence-corrected chi connectivity index (χ3v) is 4.33. The van der Waals surface area contributed by atoms with E-state index in [2.05, 4.69) is 19.2 Å². The molecule has 1 aliphatic rings. The van der Waals surface area contributed by atoms with Crippen molar-refractivity contribution in [1.29, 1.82) is 0 Å². The summed E-state index contributed by atoms with van der Waals surface area (Å²) in [7, 11) is 0. The minimum absolute atomic E-state index is 0.124. The van der Waals surface area contributed by atoms with Crippen LogP contribution in [0.25, 0.3) is 0 Å². The van der Waals surface area contributed by atoms with E-state index in [1.54, 1.807) is 6.07 Å². The lowest BCUT2D eigenvalue weighted by Crippen LogP contribution is -2.53. The van der Waals surface area contributed by atoms with Gasteiger partial charge < -0.3 is 10.2 Å². The molecule has 0 bridgehead atoms. The second kappa shape index (κ2) is 6.44. The summed E-state index contributed by atoms with van der Waals surface area (Å²) in [4.78, 5) is 1.98. The van der Waals surface area contributed by atoms with Crippen LogP contribution in [0.3, 0.4) is 0 Å². The molecule has 1 aromatic rings. The second-order valence-electron chi connectivity index (χ2n) is 5.59. The van der Waals surface area contributed by atoms with Crippen molar-refractivity contribution >= 4 is 17.3 Å². The zero-order valence-electron chi connectivity index (χ0n) is 12.2. The molecule has 2 nitrogen and oxygen atoms in total. The van der Waals surface area contributed by atoms with Crippen molar-refractivity contribution in [2.45, 2.75) is 32.5 Å². The Hall–Kier alpha value is -0.940. The van der Waals surface area contributed by atoms with Crippen LogP contribution in [0.4, 0.5) is 18.9 Å². The molecule has 1 saturated heterocycles. The van der Waals surface area contributed by atoms with E-state index in [1.807, 2.05) is 4.90 Å². The van der Waals surface area contributed by atoms with Gasteiger partial charge in [0.1, 0.15) is 0 Å². The molecule has 1 N–H and O–H groups in total. The van der Waals surface area contributed by atoms with Crippen molar-refractivity contribution in [3.8, 4) is 0 Å². The summed E-state index contributed by atoms with van der Waals surface area (Å²) in [6, 6.07) is 4.05. The van der Waals surface area contributed by atoms with E-state index in [9.17, 15) is 13.2 Å². The molecule has 1 heterocycles. The van der Waals surface area contributed by atoms with Gasteiger partial charge in [0.15, 0.2) is 0 Å². The Kier molecular flexibility index (Phi) is 5.04. The Morgan fingerprint density at radius 3 is 2.71 bits per heavy atom. The number of benzene rings is 1. The lowest BCUT2D eigenvalue weighted by molar-refractivity contribution is -0.137. The Balaban J connectivity index is 2.23. The van der Waals surface area contributed by atoms with Gasteiger partial charge in [-0.1, -0.05) is 31.9 Å². The van der Waals surface area contributed by atoms with Crippen molar-refractivity contribution in [2.24, 2.45) is 5.92 Å². The monoisotopic (exact) mass is 320 g/mol. The molecule has 0 radical (unpaired) electrons. The van der Waals surface area contributed by atoms with Gasteiger partial charge >= 0.3 is 6.18 Å². The van der Waals surface area contributed by atoms with Crippen LogP contribution in [-0.4, -0.2) is 25.7 Å². The van der Waals surface area contributed by atoms with Gasteiger partial charge in [0.2, 0.25) is 0 Å². The summed E-state index contributed by atoms with van der Waals surface area (Å²) in [6.07, 6.45) is -3.33. The largest absolute Gasteiger partial charge is 0.416 e. The first-order valence-electron chi connectivity index (χ1n) is 7.17. The molecule has 1 aliphatic heterocycles. The first-order valence-corrected chi connectivity index (χ1v) is 7.55. The van der Waals surface area contributed by atoms with E-state index < -0.39 is 11.7 Å². The minimum atomic E-state index is -4.37. The van der Waals surface area contributed by atoms with Crippen molar-refractivity contribution in [2.75, 3.05) is 24.5 Å². The minimum Gasteiger partial charge on any atom is -0.369 e. The third-order valence-electron chi connectivity index (χ3n) is 4.11. The highest BCUT2D eigenvalue weighted by atomic mass is 35.5. The van der Waals surface area contributed by atoms with Crippen molar-refractivity contribution in [3.63, 3.8) is 0 Å². The van der Waals surface area contributed by atoms with Crippen molar-refractivity contribution in [3.05, 3.63) is 28.8 Å². The number of hydrogen-bond acceptors (Lipinski definition) is 2. The van der Waals surface area contributed by atoms with Gasteiger partial charge in [0, 0.05) is 36.4 Å². The predicted octanol–water partition coefficient (Wildman–Crippen LogP) is 4.18. The molecule has 0 aliphatic carbocycles. The van der Waals surface area contributed by atoms with E-state index in [-0.39, 0.29) is 11.1 Å². The van der Waals surface area contributed by atoms with E-state index in [0.717, 1.165) is 19.0 Å². The summed E-state index contributed by atoms with van der Waals surface area (Å²) in [6.45, 7) is 6.42. The van der Waals surface area contributed by atoms with E-state index in [1.165, 1.54) is 6.07 Å². The molecule has 0 spiro atoms. The molecule has 118 valence electrons. The van der Waals surface area contributed by atoms with Crippen LogP contribution in [0.2, 0.25) is 5.02 Å². The van der Waals surface area contributed by atoms with Crippen LogP contribution in [0.15, 0.2) is 18.2 Å². The number of nitrogens with zero attached hydrogens (tertiary/aromatic N) is 1. The molecule has 0 aromatic heterocycles. The molecule has 2 rings (SSSR count). The number of rotatable bonds is 3. The highest BCUT2D eigenvalue weighted by Gasteiger charge is 2.32. The molecule has 0 saturated carbocycles. The summed E-state index contributed by atoms with van der Waals surface area (Å²) >= 11 is 5.86. The lowest BCUT2D eigenvalue weighted by atomic mass is 9.97. The predicted molar refractivity (Wildman–Crippen MR) is 79.9 cm³/mol. The van der Waals surface area contributed by atoms with Gasteiger partial charge in [-0.25, -0.2) is 0 Å². The fourth-order valence-corrected chi connectivity index (χ4v) is 2.83. The second-order valence-corrected chi connectivity index (χ2v) is 6.02. The Bertz CT molecular complexity index is 490. The van der Waals surface area contributed by atoms with Gasteiger partial charge in [-0.15, -0.1) is 0 Å². The molecule has 1 fully saturated rings. The maximum absolute atomic E-state index is 12.9. The van der Waals surface area contributed by atoms with Gasteiger partial charge in [0.05, 0.1) is 5.56 Å². The SMILES string of the molecule is CCC(C)C1CN(c2cc(Cl)cc(C(F)(F)F)c2)CCN1. The topological polar surface area (TPSA) is 15.3 Å². The summed E-state index contributed by atoms with van der Waals surface area (Å²) in [5, 5.41) is 3.56. The molecule has 2 unspecified atom stereocenters. The Labute approximate surface area is 128 Å². The zero-order chi connectivity index (χ0) is 15.6. The van der Waals surface area contributed by atoms with Crippen LogP contribution >= 0.6 is 11.6 Å². The smallest absolute Gasteiger partial charge is 0.369 e. The molecule has 6 heteroatoms. The number of alkyl halides is 3. The number of anilines is 1. The number of hydrogen-bond donors (Lipinski definition) is 1. The van der Waals surface area contributed by atoms with E-state index in [4.69, 9.17) is 11.6 Å². The highest BCUT2D eigenvalue weighted by Crippen LogP contribution is 2.34. The average molecular weight is 321 g/mol. The van der Waals surface area contributed by atoms with Crippen LogP contribution in [0.1, 0.15) is 25.8 Å². The summed E-state index contributed by atoms with van der Waals surface area (Å²) in [5.41, 5.74) is -0.145. The number of halogens is 4. The highest BCUT2D eigenvalue weighted by molar-refractivity contribution is 6.30. The van der Waals surface area contributed by atoms with Gasteiger partial charge in [-0.05, 0) is 24.1 Å². The maximum Gasteiger partial charge on any atom is 0.416 e. The molecule has 2 atom stereocenters. The first kappa shape index (κ1) is 16.4. The van der Waals surface area contributed by atoms with Crippen LogP contribution in [0.5, 0.6) is 0 Å². The third kappa shape index (κ3) is 4.04. The van der Waals surface area contributed by atoms with Crippen LogP contribution < -0.4 is 10.2 Å². The molecule has 0 amide bonds. The fourth-order valence-electron chi connectivity index (χ4n) is 2.60. The molecule has 1 aromatic carbocycles. The first-order chi connectivity index (χ1) is 9.81. The normalized spacial score (nSPS) is 21.4. The zero-order valence-corrected chi connectivity index (χ0v) is 12.9. The molecule has 21 heavy (non-hydrogen) atoms.